The van der Waals surface area contributed by atoms with Gasteiger partial charge < -0.3 is 10.6 Å². The van der Waals surface area contributed by atoms with Crippen molar-refractivity contribution in [2.45, 2.75) is 32.4 Å². The van der Waals surface area contributed by atoms with Crippen molar-refractivity contribution >= 4 is 17.4 Å². The molecular weight excluding hydrogens is 332 g/mol. The molecule has 1 aliphatic rings. The van der Waals surface area contributed by atoms with Gasteiger partial charge in [0, 0.05) is 30.7 Å². The first-order valence-electron chi connectivity index (χ1n) is 8.91. The Morgan fingerprint density at radius 3 is 3.08 bits per heavy atom. The fourth-order valence-corrected chi connectivity index (χ4v) is 4.02. The van der Waals surface area contributed by atoms with Crippen LogP contribution in [0.4, 0.5) is 4.79 Å². The second-order valence-electron chi connectivity index (χ2n) is 6.65. The summed E-state index contributed by atoms with van der Waals surface area (Å²) in [5.41, 5.74) is 0.873. The van der Waals surface area contributed by atoms with Crippen LogP contribution in [0, 0.1) is 5.92 Å². The molecule has 0 spiro atoms. The van der Waals surface area contributed by atoms with Gasteiger partial charge in [-0.25, -0.2) is 4.79 Å². The third-order valence-corrected chi connectivity index (χ3v) is 5.45. The van der Waals surface area contributed by atoms with E-state index in [0.29, 0.717) is 5.92 Å². The molecule has 0 aliphatic carbocycles. The topological polar surface area (TPSA) is 57.3 Å². The van der Waals surface area contributed by atoms with Gasteiger partial charge in [0.25, 0.3) is 0 Å². The summed E-state index contributed by atoms with van der Waals surface area (Å²) in [5.74, 6) is 0.518. The van der Waals surface area contributed by atoms with Crippen molar-refractivity contribution in [1.29, 1.82) is 0 Å². The highest BCUT2D eigenvalue weighted by Gasteiger charge is 2.21. The molecule has 2 aromatic rings. The Kier molecular flexibility index (Phi) is 6.42. The van der Waals surface area contributed by atoms with Crippen LogP contribution in [0.5, 0.6) is 0 Å². The number of hydrogen-bond acceptors (Lipinski definition) is 4. The number of nitrogens with one attached hydrogen (secondary N) is 2. The summed E-state index contributed by atoms with van der Waals surface area (Å²) in [6.45, 7) is 5.90. The number of likely N-dealkylation sites (tertiary alicyclic amines) is 1. The Morgan fingerprint density at radius 2 is 2.32 bits per heavy atom. The predicted molar refractivity (Wildman–Crippen MR) is 102 cm³/mol. The standard InChI is InChI=1S/C19H26N4OS/c1-15(18-8-2-3-9-20-18)22-19(24)21-12-16-6-4-10-23(13-16)14-17-7-5-11-25-17/h2-3,5,7-9,11,15-16H,4,6,10,12-14H2,1H3,(H2,21,22,24). The highest BCUT2D eigenvalue weighted by molar-refractivity contribution is 7.09. The molecule has 0 radical (unpaired) electrons. The molecule has 134 valence electrons. The Balaban J connectivity index is 1.40. The van der Waals surface area contributed by atoms with Crippen molar-refractivity contribution in [1.82, 2.24) is 20.5 Å². The molecule has 25 heavy (non-hydrogen) atoms. The molecule has 2 atom stereocenters. The van der Waals surface area contributed by atoms with Gasteiger partial charge in [-0.1, -0.05) is 12.1 Å². The van der Waals surface area contributed by atoms with Crippen LogP contribution in [-0.4, -0.2) is 35.5 Å². The highest BCUT2D eigenvalue weighted by atomic mass is 32.1. The SMILES string of the molecule is CC(NC(=O)NCC1CCCN(Cc2cccs2)C1)c1ccccn1. The maximum absolute atomic E-state index is 12.1. The lowest BCUT2D eigenvalue weighted by Crippen LogP contribution is -2.44. The van der Waals surface area contributed by atoms with Gasteiger partial charge in [-0.3, -0.25) is 9.88 Å². The summed E-state index contributed by atoms with van der Waals surface area (Å²) in [6.07, 6.45) is 4.12. The molecule has 3 heterocycles. The molecule has 1 aliphatic heterocycles. The minimum absolute atomic E-state index is 0.0946. The van der Waals surface area contributed by atoms with Crippen LogP contribution in [0.1, 0.15) is 36.4 Å². The molecule has 5 nitrogen and oxygen atoms in total. The van der Waals surface area contributed by atoms with E-state index >= 15 is 0 Å². The van der Waals surface area contributed by atoms with Crippen LogP contribution in [-0.2, 0) is 6.54 Å². The molecule has 0 saturated carbocycles. The van der Waals surface area contributed by atoms with E-state index in [-0.39, 0.29) is 12.1 Å². The molecule has 3 rings (SSSR count). The van der Waals surface area contributed by atoms with Crippen LogP contribution in [0.2, 0.25) is 0 Å². The lowest BCUT2D eigenvalue weighted by atomic mass is 9.98. The van der Waals surface area contributed by atoms with E-state index in [1.807, 2.05) is 36.5 Å². The van der Waals surface area contributed by atoms with E-state index in [0.717, 1.165) is 31.9 Å². The van der Waals surface area contributed by atoms with Crippen LogP contribution < -0.4 is 10.6 Å². The molecule has 2 aromatic heterocycles. The lowest BCUT2D eigenvalue weighted by molar-refractivity contribution is 0.166. The van der Waals surface area contributed by atoms with Gasteiger partial charge in [-0.2, -0.15) is 0 Å². The zero-order valence-electron chi connectivity index (χ0n) is 14.6. The Morgan fingerprint density at radius 1 is 1.40 bits per heavy atom. The minimum atomic E-state index is -0.117. The van der Waals surface area contributed by atoms with Crippen molar-refractivity contribution in [3.8, 4) is 0 Å². The summed E-state index contributed by atoms with van der Waals surface area (Å²) in [4.78, 5) is 20.3. The zero-order chi connectivity index (χ0) is 17.5. The van der Waals surface area contributed by atoms with Gasteiger partial charge in [0.05, 0.1) is 11.7 Å². The van der Waals surface area contributed by atoms with Crippen LogP contribution in [0.15, 0.2) is 41.9 Å². The second kappa shape index (κ2) is 8.97. The van der Waals surface area contributed by atoms with Crippen LogP contribution >= 0.6 is 11.3 Å². The van der Waals surface area contributed by atoms with Gasteiger partial charge >= 0.3 is 6.03 Å². The van der Waals surface area contributed by atoms with E-state index in [2.05, 4.69) is 38.0 Å². The van der Waals surface area contributed by atoms with Crippen molar-refractivity contribution in [3.05, 3.63) is 52.5 Å². The number of amides is 2. The molecule has 0 bridgehead atoms. The number of hydrogen-bond donors (Lipinski definition) is 2. The smallest absolute Gasteiger partial charge is 0.315 e. The van der Waals surface area contributed by atoms with Gasteiger partial charge in [0.15, 0.2) is 0 Å². The average Bonchev–Trinajstić information content (AvgIpc) is 3.14. The van der Waals surface area contributed by atoms with E-state index in [4.69, 9.17) is 0 Å². The Bertz CT molecular complexity index is 647. The number of thiophene rings is 1. The van der Waals surface area contributed by atoms with Crippen molar-refractivity contribution < 1.29 is 4.79 Å². The molecule has 1 fully saturated rings. The molecule has 2 unspecified atom stereocenters. The normalized spacial score (nSPS) is 19.3. The molecular formula is C19H26N4OS. The number of piperidine rings is 1. The predicted octanol–water partition coefficient (Wildman–Crippen LogP) is 3.42. The number of aromatic nitrogens is 1. The van der Waals surface area contributed by atoms with E-state index in [1.54, 1.807) is 6.20 Å². The molecule has 6 heteroatoms. The van der Waals surface area contributed by atoms with Gasteiger partial charge in [-0.05, 0) is 55.8 Å². The summed E-state index contributed by atoms with van der Waals surface area (Å²) in [5, 5.41) is 8.12. The Hall–Kier alpha value is -1.92. The maximum atomic E-state index is 12.1. The molecule has 2 amide bonds. The minimum Gasteiger partial charge on any atom is -0.338 e. The average molecular weight is 359 g/mol. The van der Waals surface area contributed by atoms with E-state index in [9.17, 15) is 4.79 Å². The Labute approximate surface area is 153 Å². The summed E-state index contributed by atoms with van der Waals surface area (Å²) in [6, 6.07) is 9.82. The van der Waals surface area contributed by atoms with E-state index in [1.165, 1.54) is 17.7 Å². The van der Waals surface area contributed by atoms with Crippen LogP contribution in [0.25, 0.3) is 0 Å². The fourth-order valence-electron chi connectivity index (χ4n) is 3.28. The first kappa shape index (κ1) is 17.9. The number of urea groups is 1. The number of carbonyl (C=O) groups excluding carboxylic acids is 1. The van der Waals surface area contributed by atoms with Gasteiger partial charge in [0.1, 0.15) is 0 Å². The number of nitrogens with zero attached hydrogens (tertiary/aromatic N) is 2. The van der Waals surface area contributed by atoms with Gasteiger partial charge in [-0.15, -0.1) is 11.3 Å². The molecule has 0 aromatic carbocycles. The van der Waals surface area contributed by atoms with Crippen molar-refractivity contribution in [3.63, 3.8) is 0 Å². The third-order valence-electron chi connectivity index (χ3n) is 4.59. The van der Waals surface area contributed by atoms with Gasteiger partial charge in [0.2, 0.25) is 0 Å². The van der Waals surface area contributed by atoms with E-state index < -0.39 is 0 Å². The summed E-state index contributed by atoms with van der Waals surface area (Å²) >= 11 is 1.81. The lowest BCUT2D eigenvalue weighted by Gasteiger charge is -2.32. The maximum Gasteiger partial charge on any atom is 0.315 e. The molecule has 1 saturated heterocycles. The quantitative estimate of drug-likeness (QED) is 0.832. The number of rotatable bonds is 6. The first-order chi connectivity index (χ1) is 12.2. The number of pyridine rings is 1. The van der Waals surface area contributed by atoms with Crippen molar-refractivity contribution in [2.75, 3.05) is 19.6 Å². The monoisotopic (exact) mass is 358 g/mol. The summed E-state index contributed by atoms with van der Waals surface area (Å²) in [7, 11) is 0. The zero-order valence-corrected chi connectivity index (χ0v) is 15.5. The van der Waals surface area contributed by atoms with Crippen molar-refractivity contribution in [2.24, 2.45) is 5.92 Å². The highest BCUT2D eigenvalue weighted by Crippen LogP contribution is 2.20. The van der Waals surface area contributed by atoms with Crippen LogP contribution in [0.3, 0.4) is 0 Å². The fraction of sp³-hybridized carbons (Fsp3) is 0.474. The first-order valence-corrected chi connectivity index (χ1v) is 9.78. The largest absolute Gasteiger partial charge is 0.338 e. The molecule has 2 N–H and O–H groups in total. The third kappa shape index (κ3) is 5.54. The summed E-state index contributed by atoms with van der Waals surface area (Å²) < 4.78 is 0. The number of carbonyl (C=O) groups is 1. The second-order valence-corrected chi connectivity index (χ2v) is 7.69.